The minimum Gasteiger partial charge on any atom is -0.496 e. The van der Waals surface area contributed by atoms with Crippen molar-refractivity contribution < 1.29 is 23.9 Å². The van der Waals surface area contributed by atoms with Crippen LogP contribution in [0.2, 0.25) is 0 Å². The predicted octanol–water partition coefficient (Wildman–Crippen LogP) is 1.41. The normalized spacial score (nSPS) is 17.2. The Morgan fingerprint density at radius 3 is 2.78 bits per heavy atom. The van der Waals surface area contributed by atoms with Crippen molar-refractivity contribution >= 4 is 29.4 Å². The second-order valence-electron chi connectivity index (χ2n) is 6.23. The van der Waals surface area contributed by atoms with E-state index in [-0.39, 0.29) is 18.4 Å². The van der Waals surface area contributed by atoms with Gasteiger partial charge in [0.25, 0.3) is 5.91 Å². The van der Waals surface area contributed by atoms with E-state index in [1.54, 1.807) is 36.0 Å². The van der Waals surface area contributed by atoms with Gasteiger partial charge in [0.15, 0.2) is 12.4 Å². The standard InChI is InChI=1S/C19H26N2O5S/c1-25-17-8-4-3-6-13(17)18(23)21-15(9-11-27-2)19(24)26-12-16(22)14-7-5-10-20-14/h3-4,6,8,14-15,20H,5,7,9-12H2,1-2H3,(H,21,23). The molecule has 2 rings (SSSR count). The first-order valence-electron chi connectivity index (χ1n) is 8.92. The zero-order chi connectivity index (χ0) is 19.6. The van der Waals surface area contributed by atoms with Gasteiger partial charge in [-0.05, 0) is 49.9 Å². The number of thioether (sulfide) groups is 1. The van der Waals surface area contributed by atoms with Gasteiger partial charge in [0.2, 0.25) is 0 Å². The summed E-state index contributed by atoms with van der Waals surface area (Å²) >= 11 is 1.56. The molecule has 1 amide bonds. The second kappa shape index (κ2) is 10.9. The number of rotatable bonds is 10. The van der Waals surface area contributed by atoms with Crippen molar-refractivity contribution in [3.63, 3.8) is 0 Å². The fourth-order valence-electron chi connectivity index (χ4n) is 2.86. The number of ketones is 1. The number of hydrogen-bond donors (Lipinski definition) is 2. The van der Waals surface area contributed by atoms with E-state index in [1.165, 1.54) is 7.11 Å². The van der Waals surface area contributed by atoms with Crippen LogP contribution in [-0.4, -0.2) is 62.0 Å². The van der Waals surface area contributed by atoms with Crippen LogP contribution >= 0.6 is 11.8 Å². The quantitative estimate of drug-likeness (QED) is 0.580. The first-order chi connectivity index (χ1) is 13.1. The Bertz CT molecular complexity index is 661. The van der Waals surface area contributed by atoms with Crippen molar-refractivity contribution in [1.29, 1.82) is 0 Å². The monoisotopic (exact) mass is 394 g/mol. The third-order valence-corrected chi connectivity index (χ3v) is 5.00. The van der Waals surface area contributed by atoms with Crippen LogP contribution in [0.25, 0.3) is 0 Å². The maximum Gasteiger partial charge on any atom is 0.329 e. The molecule has 2 atom stereocenters. The highest BCUT2D eigenvalue weighted by molar-refractivity contribution is 7.98. The molecule has 0 aliphatic carbocycles. The van der Waals surface area contributed by atoms with Gasteiger partial charge in [-0.3, -0.25) is 9.59 Å². The van der Waals surface area contributed by atoms with Gasteiger partial charge in [-0.25, -0.2) is 4.79 Å². The molecule has 1 aliphatic heterocycles. The minimum atomic E-state index is -0.820. The number of methoxy groups -OCH3 is 1. The molecule has 1 aliphatic rings. The number of benzene rings is 1. The number of nitrogens with one attached hydrogen (secondary N) is 2. The van der Waals surface area contributed by atoms with Crippen LogP contribution in [0.1, 0.15) is 29.6 Å². The van der Waals surface area contributed by atoms with Gasteiger partial charge < -0.3 is 20.1 Å². The van der Waals surface area contributed by atoms with E-state index < -0.39 is 17.9 Å². The Hall–Kier alpha value is -2.06. The summed E-state index contributed by atoms with van der Waals surface area (Å²) in [6.07, 6.45) is 4.03. The van der Waals surface area contributed by atoms with Crippen molar-refractivity contribution in [3.05, 3.63) is 29.8 Å². The van der Waals surface area contributed by atoms with E-state index in [4.69, 9.17) is 9.47 Å². The highest BCUT2D eigenvalue weighted by Gasteiger charge is 2.27. The largest absolute Gasteiger partial charge is 0.496 e. The Morgan fingerprint density at radius 1 is 1.33 bits per heavy atom. The Balaban J connectivity index is 1.97. The van der Waals surface area contributed by atoms with E-state index in [0.717, 1.165) is 19.4 Å². The second-order valence-corrected chi connectivity index (χ2v) is 7.22. The number of hydrogen-bond acceptors (Lipinski definition) is 7. The van der Waals surface area contributed by atoms with Gasteiger partial charge in [0.1, 0.15) is 11.8 Å². The smallest absolute Gasteiger partial charge is 0.329 e. The number of amides is 1. The SMILES string of the molecule is COc1ccccc1C(=O)NC(CCSC)C(=O)OCC(=O)C1CCCN1. The summed E-state index contributed by atoms with van der Waals surface area (Å²) in [5.74, 6) is -0.0580. The molecule has 148 valence electrons. The third kappa shape index (κ3) is 6.25. The molecule has 0 radical (unpaired) electrons. The lowest BCUT2D eigenvalue weighted by Gasteiger charge is -2.18. The molecule has 2 unspecified atom stereocenters. The van der Waals surface area contributed by atoms with Crippen LogP contribution in [0.5, 0.6) is 5.75 Å². The fraction of sp³-hybridized carbons (Fsp3) is 0.526. The van der Waals surface area contributed by atoms with Gasteiger partial charge >= 0.3 is 5.97 Å². The summed E-state index contributed by atoms with van der Waals surface area (Å²) in [7, 11) is 1.48. The molecular weight excluding hydrogens is 368 g/mol. The highest BCUT2D eigenvalue weighted by Crippen LogP contribution is 2.17. The molecule has 0 bridgehead atoms. The van der Waals surface area contributed by atoms with Gasteiger partial charge in [-0.1, -0.05) is 12.1 Å². The summed E-state index contributed by atoms with van der Waals surface area (Å²) in [5.41, 5.74) is 0.341. The van der Waals surface area contributed by atoms with E-state index in [2.05, 4.69) is 10.6 Å². The van der Waals surface area contributed by atoms with E-state index in [1.807, 2.05) is 6.26 Å². The first-order valence-corrected chi connectivity index (χ1v) is 10.3. The predicted molar refractivity (Wildman–Crippen MR) is 104 cm³/mol. The molecule has 1 fully saturated rings. The zero-order valence-corrected chi connectivity index (χ0v) is 16.5. The summed E-state index contributed by atoms with van der Waals surface area (Å²) in [6, 6.07) is 5.72. The van der Waals surface area contributed by atoms with E-state index in [0.29, 0.717) is 23.5 Å². The van der Waals surface area contributed by atoms with Gasteiger partial charge in [0, 0.05) is 0 Å². The van der Waals surface area contributed by atoms with Crippen molar-refractivity contribution in [3.8, 4) is 5.75 Å². The lowest BCUT2D eigenvalue weighted by molar-refractivity contribution is -0.150. The number of carbonyl (C=O) groups is 3. The zero-order valence-electron chi connectivity index (χ0n) is 15.7. The molecule has 8 heteroatoms. The summed E-state index contributed by atoms with van der Waals surface area (Å²) < 4.78 is 10.4. The lowest BCUT2D eigenvalue weighted by Crippen LogP contribution is -2.43. The number of Topliss-reactive ketones (excluding diaryl/α,β-unsaturated/α-hetero) is 1. The van der Waals surface area contributed by atoms with E-state index >= 15 is 0 Å². The summed E-state index contributed by atoms with van der Waals surface area (Å²) in [4.78, 5) is 37.1. The number of carbonyl (C=O) groups excluding carboxylic acids is 3. The number of ether oxygens (including phenoxy) is 2. The Morgan fingerprint density at radius 2 is 2.11 bits per heavy atom. The molecule has 27 heavy (non-hydrogen) atoms. The molecule has 7 nitrogen and oxygen atoms in total. The van der Waals surface area contributed by atoms with Gasteiger partial charge in [-0.15, -0.1) is 0 Å². The van der Waals surface area contributed by atoms with Crippen molar-refractivity contribution in [2.45, 2.75) is 31.3 Å². The molecular formula is C19H26N2O5S. The van der Waals surface area contributed by atoms with Crippen LogP contribution in [0.3, 0.4) is 0 Å². The van der Waals surface area contributed by atoms with Gasteiger partial charge in [0.05, 0.1) is 18.7 Å². The topological polar surface area (TPSA) is 93.7 Å². The van der Waals surface area contributed by atoms with Crippen LogP contribution in [-0.2, 0) is 14.3 Å². The van der Waals surface area contributed by atoms with Gasteiger partial charge in [-0.2, -0.15) is 11.8 Å². The fourth-order valence-corrected chi connectivity index (χ4v) is 3.33. The lowest BCUT2D eigenvalue weighted by atomic mass is 10.1. The average molecular weight is 394 g/mol. The molecule has 1 saturated heterocycles. The van der Waals surface area contributed by atoms with Crippen molar-refractivity contribution in [2.24, 2.45) is 0 Å². The number of para-hydroxylation sites is 1. The molecule has 0 saturated carbocycles. The summed E-state index contributed by atoms with van der Waals surface area (Å²) in [5, 5.41) is 5.78. The maximum atomic E-state index is 12.6. The average Bonchev–Trinajstić information content (AvgIpc) is 3.23. The van der Waals surface area contributed by atoms with Crippen LogP contribution in [0, 0.1) is 0 Å². The molecule has 1 heterocycles. The molecule has 1 aromatic carbocycles. The molecule has 2 N–H and O–H groups in total. The third-order valence-electron chi connectivity index (χ3n) is 4.36. The van der Waals surface area contributed by atoms with Crippen LogP contribution in [0.4, 0.5) is 0 Å². The van der Waals surface area contributed by atoms with Crippen LogP contribution in [0.15, 0.2) is 24.3 Å². The molecule has 0 spiro atoms. The maximum absolute atomic E-state index is 12.6. The van der Waals surface area contributed by atoms with Crippen LogP contribution < -0.4 is 15.4 Å². The number of esters is 1. The molecule has 1 aromatic rings. The van der Waals surface area contributed by atoms with Crippen molar-refractivity contribution in [2.75, 3.05) is 32.3 Å². The Labute approximate surface area is 163 Å². The van der Waals surface area contributed by atoms with E-state index in [9.17, 15) is 14.4 Å². The first kappa shape index (κ1) is 21.2. The van der Waals surface area contributed by atoms with Crippen molar-refractivity contribution in [1.82, 2.24) is 10.6 Å². The minimum absolute atomic E-state index is 0.138. The summed E-state index contributed by atoms with van der Waals surface area (Å²) in [6.45, 7) is 0.520. The molecule has 0 aromatic heterocycles. The highest BCUT2D eigenvalue weighted by atomic mass is 32.2. The Kier molecular flexibility index (Phi) is 8.60.